The summed E-state index contributed by atoms with van der Waals surface area (Å²) in [5, 5.41) is 10.3. The van der Waals surface area contributed by atoms with Gasteiger partial charge in [0, 0.05) is 5.33 Å². The van der Waals surface area contributed by atoms with Crippen LogP contribution in [0.5, 0.6) is 0 Å². The van der Waals surface area contributed by atoms with Crippen LogP contribution in [0, 0.1) is 0 Å². The van der Waals surface area contributed by atoms with Crippen molar-refractivity contribution in [2.45, 2.75) is 51.4 Å². The van der Waals surface area contributed by atoms with E-state index >= 15 is 0 Å². The van der Waals surface area contributed by atoms with Gasteiger partial charge in [-0.05, 0) is 34.6 Å². The maximum absolute atomic E-state index is 9.80. The Morgan fingerprint density at radius 2 is 1.69 bits per heavy atom. The minimum Gasteiger partial charge on any atom is -0.400 e. The molecule has 0 bridgehead atoms. The molecule has 0 aromatic carbocycles. The van der Waals surface area contributed by atoms with Gasteiger partial charge in [-0.15, -0.1) is 0 Å². The highest BCUT2D eigenvalue weighted by Gasteiger charge is 2.50. The molecule has 1 unspecified atom stereocenters. The lowest BCUT2D eigenvalue weighted by molar-refractivity contribution is 0.00578. The van der Waals surface area contributed by atoms with Crippen LogP contribution in [0.4, 0.5) is 0 Å². The first-order chi connectivity index (χ1) is 7.10. The summed E-state index contributed by atoms with van der Waals surface area (Å²) >= 11 is 3.24. The third-order valence-corrected chi connectivity index (χ3v) is 4.29. The summed E-state index contributed by atoms with van der Waals surface area (Å²) in [5.41, 5.74) is -1.53. The van der Waals surface area contributed by atoms with Gasteiger partial charge in [0.2, 0.25) is 0 Å². The van der Waals surface area contributed by atoms with E-state index in [4.69, 9.17) is 9.31 Å². The lowest BCUT2D eigenvalue weighted by atomic mass is 9.88. The van der Waals surface area contributed by atoms with Gasteiger partial charge in [-0.3, -0.25) is 0 Å². The molecule has 0 amide bonds. The van der Waals surface area contributed by atoms with Gasteiger partial charge in [0.1, 0.15) is 0 Å². The third-order valence-electron chi connectivity index (χ3n) is 3.15. The molecule has 0 aliphatic carbocycles. The van der Waals surface area contributed by atoms with Gasteiger partial charge in [-0.2, -0.15) is 0 Å². The van der Waals surface area contributed by atoms with Gasteiger partial charge < -0.3 is 14.4 Å². The highest BCUT2D eigenvalue weighted by Crippen LogP contribution is 2.37. The molecule has 1 fully saturated rings. The fourth-order valence-corrected chi connectivity index (χ4v) is 1.48. The van der Waals surface area contributed by atoms with Crippen molar-refractivity contribution in [3.05, 3.63) is 12.1 Å². The van der Waals surface area contributed by atoms with E-state index in [-0.39, 0.29) is 11.2 Å². The molecule has 0 aromatic heterocycles. The predicted molar refractivity (Wildman–Crippen MR) is 69.6 cm³/mol. The van der Waals surface area contributed by atoms with Crippen LogP contribution in [-0.4, -0.2) is 34.4 Å². The highest BCUT2D eigenvalue weighted by molar-refractivity contribution is 9.09. The Labute approximate surface area is 106 Å². The van der Waals surface area contributed by atoms with Crippen molar-refractivity contribution in [1.82, 2.24) is 0 Å². The van der Waals surface area contributed by atoms with E-state index in [0.29, 0.717) is 5.33 Å². The smallest absolute Gasteiger partial charge is 0.400 e. The molecule has 1 atom stereocenters. The molecule has 1 N–H and O–H groups in total. The number of aliphatic hydroxyl groups is 1. The SMILES string of the molecule is CC(O)(/C=C/B1OC(C)(C)C(C)(C)O1)CBr. The number of hydrogen-bond donors (Lipinski definition) is 1. The monoisotopic (exact) mass is 290 g/mol. The molecule has 0 radical (unpaired) electrons. The van der Waals surface area contributed by atoms with E-state index in [1.807, 2.05) is 27.7 Å². The van der Waals surface area contributed by atoms with E-state index in [1.165, 1.54) is 0 Å². The summed E-state index contributed by atoms with van der Waals surface area (Å²) in [5.74, 6) is 1.76. The minimum absolute atomic E-state index is 0.331. The highest BCUT2D eigenvalue weighted by atomic mass is 79.9. The Bertz CT molecular complexity index is 271. The second-order valence-corrected chi connectivity index (χ2v) is 6.04. The summed E-state index contributed by atoms with van der Waals surface area (Å²) in [7, 11) is -0.393. The number of alkyl halides is 1. The van der Waals surface area contributed by atoms with Crippen molar-refractivity contribution in [3.8, 4) is 0 Å². The molecule has 5 heteroatoms. The fraction of sp³-hybridized carbons (Fsp3) is 0.818. The Kier molecular flexibility index (Phi) is 3.95. The average Bonchev–Trinajstić information content (AvgIpc) is 2.33. The van der Waals surface area contributed by atoms with E-state index in [0.717, 1.165) is 0 Å². The number of hydrogen-bond acceptors (Lipinski definition) is 3. The van der Waals surface area contributed by atoms with Gasteiger partial charge >= 0.3 is 7.12 Å². The standard InChI is InChI=1S/C11H20BBrO3/c1-9(2)10(3,4)16-12(15-9)7-6-11(5,14)8-13/h6-7,14H,8H2,1-5H3/b7-6+. The van der Waals surface area contributed by atoms with Crippen molar-refractivity contribution in [2.75, 3.05) is 5.33 Å². The molecule has 92 valence electrons. The van der Waals surface area contributed by atoms with Gasteiger partial charge in [-0.1, -0.05) is 28.0 Å². The molecule has 0 aromatic rings. The molecule has 1 heterocycles. The maximum Gasteiger partial charge on any atom is 0.486 e. The van der Waals surface area contributed by atoms with Crippen LogP contribution in [0.3, 0.4) is 0 Å². The van der Waals surface area contributed by atoms with Crippen molar-refractivity contribution in [1.29, 1.82) is 0 Å². The first kappa shape index (κ1) is 14.2. The molecule has 1 aliphatic rings. The van der Waals surface area contributed by atoms with Gasteiger partial charge in [0.25, 0.3) is 0 Å². The molecule has 0 saturated carbocycles. The summed E-state index contributed by atoms with van der Waals surface area (Å²) in [6.45, 7) is 9.74. The topological polar surface area (TPSA) is 38.7 Å². The van der Waals surface area contributed by atoms with Crippen LogP contribution in [0.25, 0.3) is 0 Å². The predicted octanol–water partition coefficient (Wildman–Crippen LogP) is 2.32. The Morgan fingerprint density at radius 3 is 2.06 bits per heavy atom. The Morgan fingerprint density at radius 1 is 1.25 bits per heavy atom. The summed E-state index contributed by atoms with van der Waals surface area (Å²) < 4.78 is 11.5. The molecule has 1 aliphatic heterocycles. The molecule has 1 rings (SSSR count). The normalized spacial score (nSPS) is 27.3. The van der Waals surface area contributed by atoms with Crippen LogP contribution < -0.4 is 0 Å². The van der Waals surface area contributed by atoms with Gasteiger partial charge in [-0.25, -0.2) is 0 Å². The summed E-state index contributed by atoms with van der Waals surface area (Å²) in [6, 6.07) is 0. The van der Waals surface area contributed by atoms with Crippen LogP contribution in [0.2, 0.25) is 0 Å². The zero-order chi connectivity index (χ0) is 12.6. The molecule has 3 nitrogen and oxygen atoms in total. The molecular weight excluding hydrogens is 271 g/mol. The zero-order valence-corrected chi connectivity index (χ0v) is 12.2. The summed E-state index contributed by atoms with van der Waals surface area (Å²) in [6.07, 6.45) is 1.70. The van der Waals surface area contributed by atoms with E-state index in [2.05, 4.69) is 15.9 Å². The lowest BCUT2D eigenvalue weighted by Crippen LogP contribution is -2.41. The third kappa shape index (κ3) is 3.09. The van der Waals surface area contributed by atoms with Crippen LogP contribution >= 0.6 is 15.9 Å². The first-order valence-electron chi connectivity index (χ1n) is 5.43. The second-order valence-electron chi connectivity index (χ2n) is 5.47. The average molecular weight is 291 g/mol. The van der Waals surface area contributed by atoms with Gasteiger partial charge in [0.15, 0.2) is 0 Å². The van der Waals surface area contributed by atoms with Crippen molar-refractivity contribution in [3.63, 3.8) is 0 Å². The van der Waals surface area contributed by atoms with E-state index in [9.17, 15) is 5.11 Å². The quantitative estimate of drug-likeness (QED) is 0.640. The number of halogens is 1. The fourth-order valence-electron chi connectivity index (χ4n) is 1.30. The largest absolute Gasteiger partial charge is 0.486 e. The first-order valence-corrected chi connectivity index (χ1v) is 6.55. The Balaban J connectivity index is 2.68. The minimum atomic E-state index is -0.871. The van der Waals surface area contributed by atoms with Crippen molar-refractivity contribution < 1.29 is 14.4 Å². The van der Waals surface area contributed by atoms with Crippen molar-refractivity contribution >= 4 is 23.0 Å². The zero-order valence-electron chi connectivity index (χ0n) is 10.6. The van der Waals surface area contributed by atoms with Gasteiger partial charge in [0.05, 0.1) is 16.8 Å². The maximum atomic E-state index is 9.80. The molecule has 16 heavy (non-hydrogen) atoms. The summed E-state index contributed by atoms with van der Waals surface area (Å²) in [4.78, 5) is 0. The van der Waals surface area contributed by atoms with Crippen molar-refractivity contribution in [2.24, 2.45) is 0 Å². The second kappa shape index (κ2) is 4.44. The van der Waals surface area contributed by atoms with Crippen LogP contribution in [-0.2, 0) is 9.31 Å². The molecule has 0 spiro atoms. The van der Waals surface area contributed by atoms with E-state index in [1.54, 1.807) is 19.0 Å². The van der Waals surface area contributed by atoms with Crippen LogP contribution in [0.15, 0.2) is 12.1 Å². The Hall–Kier alpha value is 0.165. The number of rotatable bonds is 3. The molecular formula is C11H20BBrO3. The van der Waals surface area contributed by atoms with Crippen LogP contribution in [0.1, 0.15) is 34.6 Å². The molecule has 1 saturated heterocycles. The lowest BCUT2D eigenvalue weighted by Gasteiger charge is -2.32. The van der Waals surface area contributed by atoms with E-state index < -0.39 is 12.7 Å².